The van der Waals surface area contributed by atoms with Crippen LogP contribution in [0.4, 0.5) is 0 Å². The fourth-order valence-corrected chi connectivity index (χ4v) is 4.04. The van der Waals surface area contributed by atoms with E-state index in [9.17, 15) is 5.11 Å². The Hall–Kier alpha value is -0.510. The summed E-state index contributed by atoms with van der Waals surface area (Å²) in [5.74, 6) is 2.71. The Kier molecular flexibility index (Phi) is 5.31. The zero-order valence-corrected chi connectivity index (χ0v) is 12.6. The topological polar surface area (TPSA) is 46.2 Å². The van der Waals surface area contributed by atoms with E-state index in [1.807, 2.05) is 11.8 Å². The summed E-state index contributed by atoms with van der Waals surface area (Å²) in [6, 6.07) is 8.70. The number of nitrogens with two attached hydrogens (primary N) is 1. The van der Waals surface area contributed by atoms with Gasteiger partial charge < -0.3 is 10.8 Å². The molecule has 0 spiro atoms. The van der Waals surface area contributed by atoms with Gasteiger partial charge in [0.15, 0.2) is 0 Å². The van der Waals surface area contributed by atoms with E-state index in [0.717, 1.165) is 24.3 Å². The first kappa shape index (κ1) is 14.9. The molecule has 2 nitrogen and oxygen atoms in total. The van der Waals surface area contributed by atoms with E-state index in [4.69, 9.17) is 5.73 Å². The highest BCUT2D eigenvalue weighted by Crippen LogP contribution is 2.36. The number of hydrogen-bond acceptors (Lipinski definition) is 3. The van der Waals surface area contributed by atoms with Crippen LogP contribution in [0.2, 0.25) is 0 Å². The van der Waals surface area contributed by atoms with Gasteiger partial charge in [0.2, 0.25) is 0 Å². The minimum Gasteiger partial charge on any atom is -0.394 e. The van der Waals surface area contributed by atoms with Crippen LogP contribution in [0.25, 0.3) is 0 Å². The van der Waals surface area contributed by atoms with E-state index in [1.54, 1.807) is 0 Å². The Morgan fingerprint density at radius 1 is 1.47 bits per heavy atom. The van der Waals surface area contributed by atoms with E-state index in [2.05, 4.69) is 31.2 Å². The quantitative estimate of drug-likeness (QED) is 0.787. The van der Waals surface area contributed by atoms with E-state index < -0.39 is 0 Å². The molecule has 0 amide bonds. The maximum atomic E-state index is 9.43. The first-order valence-electron chi connectivity index (χ1n) is 7.17. The maximum Gasteiger partial charge on any atom is 0.0613 e. The molecule has 0 saturated heterocycles. The van der Waals surface area contributed by atoms with Crippen molar-refractivity contribution in [3.05, 3.63) is 35.4 Å². The third-order valence-electron chi connectivity index (χ3n) is 4.26. The molecule has 19 heavy (non-hydrogen) atoms. The van der Waals surface area contributed by atoms with Crippen molar-refractivity contribution in [3.8, 4) is 0 Å². The number of aryl methyl sites for hydroxylation is 1. The van der Waals surface area contributed by atoms with Gasteiger partial charge in [-0.3, -0.25) is 0 Å². The summed E-state index contributed by atoms with van der Waals surface area (Å²) in [5, 5.41) is 9.43. The van der Waals surface area contributed by atoms with Crippen molar-refractivity contribution in [3.63, 3.8) is 0 Å². The van der Waals surface area contributed by atoms with Crippen LogP contribution in [-0.2, 0) is 5.75 Å². The van der Waals surface area contributed by atoms with E-state index in [1.165, 1.54) is 24.0 Å². The summed E-state index contributed by atoms with van der Waals surface area (Å²) in [6.45, 7) is 2.27. The second kappa shape index (κ2) is 6.78. The van der Waals surface area contributed by atoms with Crippen LogP contribution in [0.1, 0.15) is 36.8 Å². The molecular weight excluding hydrogens is 254 g/mol. The molecular formula is C16H25NOS. The van der Waals surface area contributed by atoms with Gasteiger partial charge in [-0.1, -0.05) is 36.2 Å². The molecule has 1 saturated carbocycles. The zero-order valence-electron chi connectivity index (χ0n) is 11.8. The van der Waals surface area contributed by atoms with Gasteiger partial charge in [0.1, 0.15) is 0 Å². The summed E-state index contributed by atoms with van der Waals surface area (Å²) in [5.41, 5.74) is 8.68. The van der Waals surface area contributed by atoms with Crippen LogP contribution in [0.5, 0.6) is 0 Å². The minimum atomic E-state index is -0.302. The van der Waals surface area contributed by atoms with Crippen LogP contribution in [0.15, 0.2) is 24.3 Å². The molecule has 0 aliphatic heterocycles. The number of aliphatic hydroxyl groups is 1. The third-order valence-corrected chi connectivity index (χ3v) is 5.33. The second-order valence-corrected chi connectivity index (χ2v) is 6.92. The van der Waals surface area contributed by atoms with Crippen LogP contribution < -0.4 is 5.73 Å². The number of hydrogen-bond donors (Lipinski definition) is 2. The summed E-state index contributed by atoms with van der Waals surface area (Å²) < 4.78 is 0. The average molecular weight is 279 g/mol. The fraction of sp³-hybridized carbons (Fsp3) is 0.625. The maximum absolute atomic E-state index is 9.43. The first-order chi connectivity index (χ1) is 9.14. The smallest absolute Gasteiger partial charge is 0.0613 e. The number of rotatable bonds is 6. The lowest BCUT2D eigenvalue weighted by Gasteiger charge is -2.29. The van der Waals surface area contributed by atoms with Gasteiger partial charge in [0, 0.05) is 11.3 Å². The SMILES string of the molecule is Cc1cccc(CSCCC2CCCC2(N)CO)c1. The summed E-state index contributed by atoms with van der Waals surface area (Å²) in [7, 11) is 0. The molecule has 0 radical (unpaired) electrons. The van der Waals surface area contributed by atoms with Crippen molar-refractivity contribution >= 4 is 11.8 Å². The summed E-state index contributed by atoms with van der Waals surface area (Å²) in [4.78, 5) is 0. The molecule has 2 rings (SSSR count). The van der Waals surface area contributed by atoms with Gasteiger partial charge in [0.05, 0.1) is 6.61 Å². The Bertz CT molecular complexity index is 409. The first-order valence-corrected chi connectivity index (χ1v) is 8.32. The van der Waals surface area contributed by atoms with Crippen molar-refractivity contribution in [2.45, 2.75) is 43.9 Å². The largest absolute Gasteiger partial charge is 0.394 e. The molecule has 1 aromatic rings. The highest BCUT2D eigenvalue weighted by molar-refractivity contribution is 7.98. The van der Waals surface area contributed by atoms with E-state index >= 15 is 0 Å². The summed E-state index contributed by atoms with van der Waals surface area (Å²) >= 11 is 1.98. The predicted octanol–water partition coefficient (Wildman–Crippen LogP) is 3.11. The van der Waals surface area contributed by atoms with Crippen LogP contribution in [0.3, 0.4) is 0 Å². The average Bonchev–Trinajstić information content (AvgIpc) is 2.77. The second-order valence-electron chi connectivity index (χ2n) is 5.81. The van der Waals surface area contributed by atoms with Gasteiger partial charge >= 0.3 is 0 Å². The van der Waals surface area contributed by atoms with Crippen molar-refractivity contribution in [2.24, 2.45) is 11.7 Å². The third kappa shape index (κ3) is 3.98. The van der Waals surface area contributed by atoms with Gasteiger partial charge in [-0.05, 0) is 43.4 Å². The number of benzene rings is 1. The van der Waals surface area contributed by atoms with Gasteiger partial charge in [-0.25, -0.2) is 0 Å². The minimum absolute atomic E-state index is 0.139. The molecule has 1 aromatic carbocycles. The molecule has 1 fully saturated rings. The molecule has 3 heteroatoms. The molecule has 0 bridgehead atoms. The molecule has 2 unspecified atom stereocenters. The van der Waals surface area contributed by atoms with Crippen molar-refractivity contribution in [1.29, 1.82) is 0 Å². The lowest BCUT2D eigenvalue weighted by atomic mass is 9.87. The summed E-state index contributed by atoms with van der Waals surface area (Å²) in [6.07, 6.45) is 4.47. The Balaban J connectivity index is 1.72. The standard InChI is InChI=1S/C16H25NOS/c1-13-4-2-5-14(10-13)11-19-9-7-15-6-3-8-16(15,17)12-18/h2,4-5,10,15,18H,3,6-9,11-12,17H2,1H3. The molecule has 2 atom stereocenters. The monoisotopic (exact) mass is 279 g/mol. The molecule has 3 N–H and O–H groups in total. The highest BCUT2D eigenvalue weighted by atomic mass is 32.2. The fourth-order valence-electron chi connectivity index (χ4n) is 3.03. The van der Waals surface area contributed by atoms with Crippen molar-refractivity contribution in [2.75, 3.05) is 12.4 Å². The van der Waals surface area contributed by atoms with Crippen molar-refractivity contribution < 1.29 is 5.11 Å². The molecule has 1 aliphatic carbocycles. The molecule has 0 aromatic heterocycles. The van der Waals surface area contributed by atoms with Crippen LogP contribution >= 0.6 is 11.8 Å². The number of thioether (sulfide) groups is 1. The Morgan fingerprint density at radius 3 is 3.05 bits per heavy atom. The van der Waals surface area contributed by atoms with Crippen molar-refractivity contribution in [1.82, 2.24) is 0 Å². The Morgan fingerprint density at radius 2 is 2.32 bits per heavy atom. The number of aliphatic hydroxyl groups excluding tert-OH is 1. The van der Waals surface area contributed by atoms with Crippen LogP contribution in [-0.4, -0.2) is 23.0 Å². The van der Waals surface area contributed by atoms with Gasteiger partial charge in [-0.2, -0.15) is 11.8 Å². The highest BCUT2D eigenvalue weighted by Gasteiger charge is 2.38. The molecule has 1 aliphatic rings. The van der Waals surface area contributed by atoms with E-state index in [0.29, 0.717) is 5.92 Å². The zero-order chi connectivity index (χ0) is 13.7. The van der Waals surface area contributed by atoms with Gasteiger partial charge in [-0.15, -0.1) is 0 Å². The Labute approximate surface area is 120 Å². The van der Waals surface area contributed by atoms with Crippen LogP contribution in [0, 0.1) is 12.8 Å². The molecule has 0 heterocycles. The van der Waals surface area contributed by atoms with Gasteiger partial charge in [0.25, 0.3) is 0 Å². The molecule has 106 valence electrons. The van der Waals surface area contributed by atoms with E-state index in [-0.39, 0.29) is 12.1 Å². The predicted molar refractivity (Wildman–Crippen MR) is 83.3 cm³/mol. The normalized spacial score (nSPS) is 26.8. The lowest BCUT2D eigenvalue weighted by Crippen LogP contribution is -2.47. The lowest BCUT2D eigenvalue weighted by molar-refractivity contribution is 0.158.